The molecule has 0 bridgehead atoms. The Morgan fingerprint density at radius 3 is 2.06 bits per heavy atom. The number of nitrogens with one attached hydrogen (secondary N) is 4. The molecule has 15 heteroatoms. The van der Waals surface area contributed by atoms with Gasteiger partial charge < -0.3 is 43.2 Å². The molecule has 188 valence electrons. The average molecular weight is 482 g/mol. The Morgan fingerprint density at radius 2 is 1.53 bits per heavy atom. The minimum Gasteiger partial charge on any atom is -0.480 e. The van der Waals surface area contributed by atoms with E-state index in [1.807, 2.05) is 0 Å². The first kappa shape index (κ1) is 28.0. The number of imidazole rings is 1. The van der Waals surface area contributed by atoms with Crippen LogP contribution in [-0.4, -0.2) is 74.7 Å². The van der Waals surface area contributed by atoms with Crippen LogP contribution in [0.2, 0.25) is 0 Å². The number of rotatable bonds is 15. The molecule has 0 aliphatic heterocycles. The van der Waals surface area contributed by atoms with Gasteiger partial charge in [0.15, 0.2) is 0 Å². The maximum Gasteiger partial charge on any atom is 0.326 e. The van der Waals surface area contributed by atoms with Crippen molar-refractivity contribution in [2.24, 2.45) is 17.2 Å². The molecule has 0 saturated carbocycles. The molecule has 5 amide bonds. The third kappa shape index (κ3) is 10.1. The van der Waals surface area contributed by atoms with Gasteiger partial charge in [-0.3, -0.25) is 24.0 Å². The molecule has 4 atom stereocenters. The lowest BCUT2D eigenvalue weighted by atomic mass is 10.1. The third-order valence-corrected chi connectivity index (χ3v) is 4.70. The first-order valence-electron chi connectivity index (χ1n) is 10.3. The van der Waals surface area contributed by atoms with Gasteiger partial charge in [0, 0.05) is 31.2 Å². The topological polar surface area (TPSA) is 265 Å². The molecule has 0 aliphatic rings. The Kier molecular flexibility index (Phi) is 11.1. The Hall–Kier alpha value is -4.01. The molecule has 4 unspecified atom stereocenters. The van der Waals surface area contributed by atoms with E-state index < -0.39 is 59.7 Å². The molecule has 1 rings (SSSR count). The first-order valence-corrected chi connectivity index (χ1v) is 10.3. The molecule has 0 aliphatic carbocycles. The fourth-order valence-corrected chi connectivity index (χ4v) is 2.76. The number of nitrogens with zero attached hydrogens (tertiary/aromatic N) is 1. The van der Waals surface area contributed by atoms with Gasteiger partial charge in [-0.1, -0.05) is 0 Å². The fraction of sp³-hybridized carbons (Fsp3) is 0.526. The Labute approximate surface area is 194 Å². The summed E-state index contributed by atoms with van der Waals surface area (Å²) in [6.45, 7) is 1.33. The number of aromatic nitrogens is 2. The van der Waals surface area contributed by atoms with Gasteiger partial charge in [-0.05, 0) is 19.8 Å². The van der Waals surface area contributed by atoms with E-state index in [0.29, 0.717) is 5.69 Å². The molecule has 15 nitrogen and oxygen atoms in total. The number of carboxylic acids is 1. The van der Waals surface area contributed by atoms with E-state index in [1.54, 1.807) is 0 Å². The Morgan fingerprint density at radius 1 is 0.941 bits per heavy atom. The van der Waals surface area contributed by atoms with Crippen molar-refractivity contribution in [3.8, 4) is 0 Å². The summed E-state index contributed by atoms with van der Waals surface area (Å²) in [5.41, 5.74) is 16.2. The van der Waals surface area contributed by atoms with Gasteiger partial charge in [-0.15, -0.1) is 0 Å². The molecule has 11 N–H and O–H groups in total. The molecule has 0 fully saturated rings. The zero-order chi connectivity index (χ0) is 25.8. The second-order valence-electron chi connectivity index (χ2n) is 7.59. The summed E-state index contributed by atoms with van der Waals surface area (Å²) in [4.78, 5) is 77.4. The molecule has 0 spiro atoms. The van der Waals surface area contributed by atoms with Crippen LogP contribution in [0, 0.1) is 0 Å². The van der Waals surface area contributed by atoms with E-state index in [2.05, 4.69) is 25.9 Å². The maximum atomic E-state index is 12.7. The van der Waals surface area contributed by atoms with Crippen LogP contribution in [-0.2, 0) is 35.2 Å². The van der Waals surface area contributed by atoms with Gasteiger partial charge in [0.1, 0.15) is 18.1 Å². The largest absolute Gasteiger partial charge is 0.480 e. The third-order valence-electron chi connectivity index (χ3n) is 4.70. The van der Waals surface area contributed by atoms with Crippen molar-refractivity contribution in [1.82, 2.24) is 25.9 Å². The quantitative estimate of drug-likeness (QED) is 0.122. The van der Waals surface area contributed by atoms with Crippen molar-refractivity contribution >= 4 is 35.5 Å². The zero-order valence-corrected chi connectivity index (χ0v) is 18.6. The van der Waals surface area contributed by atoms with Crippen molar-refractivity contribution < 1.29 is 33.9 Å². The smallest absolute Gasteiger partial charge is 0.326 e. The standard InChI is InChI=1S/C19H30N8O7/c1-9(25-17(31)11(20)2-4-14(21)28)16(30)26-12(3-5-15(22)29)18(32)27-13(19(33)34)6-10-7-23-8-24-10/h7-9,11-13H,2-6,20H2,1H3,(H2,21,28)(H2,22,29)(H,23,24)(H,25,31)(H,26,30)(H,27,32)(H,33,34). The lowest BCUT2D eigenvalue weighted by Gasteiger charge is -2.23. The van der Waals surface area contributed by atoms with E-state index in [9.17, 15) is 33.9 Å². The van der Waals surface area contributed by atoms with Gasteiger partial charge in [-0.2, -0.15) is 0 Å². The minimum atomic E-state index is -1.35. The summed E-state index contributed by atoms with van der Waals surface area (Å²) < 4.78 is 0. The van der Waals surface area contributed by atoms with E-state index in [0.717, 1.165) is 0 Å². The van der Waals surface area contributed by atoms with E-state index in [-0.39, 0.29) is 32.1 Å². The van der Waals surface area contributed by atoms with Crippen LogP contribution < -0.4 is 33.2 Å². The van der Waals surface area contributed by atoms with Crippen molar-refractivity contribution in [3.05, 3.63) is 18.2 Å². The number of carboxylic acid groups (broad SMARTS) is 1. The highest BCUT2D eigenvalue weighted by Gasteiger charge is 2.29. The molecule has 0 aromatic carbocycles. The molecular formula is C19H30N8O7. The number of aliphatic carboxylic acids is 1. The van der Waals surface area contributed by atoms with E-state index in [1.165, 1.54) is 19.4 Å². The summed E-state index contributed by atoms with van der Waals surface area (Å²) in [5, 5.41) is 16.4. The zero-order valence-electron chi connectivity index (χ0n) is 18.6. The SMILES string of the molecule is CC(NC(=O)C(N)CCC(N)=O)C(=O)NC(CCC(N)=O)C(=O)NC(Cc1cnc[nH]1)C(=O)O. The molecule has 0 saturated heterocycles. The second kappa shape index (κ2) is 13.5. The highest BCUT2D eigenvalue weighted by atomic mass is 16.4. The van der Waals surface area contributed by atoms with Crippen LogP contribution in [0.25, 0.3) is 0 Å². The van der Waals surface area contributed by atoms with Crippen LogP contribution in [0.3, 0.4) is 0 Å². The summed E-state index contributed by atoms with van der Waals surface area (Å²) in [6, 6.07) is -4.89. The lowest BCUT2D eigenvalue weighted by Crippen LogP contribution is -2.56. The van der Waals surface area contributed by atoms with Crippen molar-refractivity contribution in [1.29, 1.82) is 0 Å². The summed E-state index contributed by atoms with van der Waals surface area (Å²) in [5.74, 6) is -5.06. The van der Waals surface area contributed by atoms with Gasteiger partial charge >= 0.3 is 5.97 Å². The van der Waals surface area contributed by atoms with Crippen LogP contribution >= 0.6 is 0 Å². The fourth-order valence-electron chi connectivity index (χ4n) is 2.76. The van der Waals surface area contributed by atoms with Crippen LogP contribution in [0.4, 0.5) is 0 Å². The molecular weight excluding hydrogens is 452 g/mol. The second-order valence-corrected chi connectivity index (χ2v) is 7.59. The van der Waals surface area contributed by atoms with Crippen LogP contribution in [0.15, 0.2) is 12.5 Å². The highest BCUT2D eigenvalue weighted by Crippen LogP contribution is 2.04. The lowest BCUT2D eigenvalue weighted by molar-refractivity contribution is -0.142. The van der Waals surface area contributed by atoms with Gasteiger partial charge in [0.2, 0.25) is 29.5 Å². The number of primary amides is 2. The first-order chi connectivity index (χ1) is 15.9. The maximum absolute atomic E-state index is 12.7. The number of carbonyl (C=O) groups is 6. The van der Waals surface area contributed by atoms with Gasteiger partial charge in [0.25, 0.3) is 0 Å². The molecule has 1 aromatic rings. The number of nitrogens with two attached hydrogens (primary N) is 3. The average Bonchev–Trinajstić information content (AvgIpc) is 3.26. The van der Waals surface area contributed by atoms with E-state index >= 15 is 0 Å². The van der Waals surface area contributed by atoms with Gasteiger partial charge in [-0.25, -0.2) is 9.78 Å². The summed E-state index contributed by atoms with van der Waals surface area (Å²) in [6.07, 6.45) is 2.03. The number of aromatic amines is 1. The van der Waals surface area contributed by atoms with Crippen LogP contribution in [0.5, 0.6) is 0 Å². The number of carbonyl (C=O) groups excluding carboxylic acids is 5. The van der Waals surface area contributed by atoms with E-state index in [4.69, 9.17) is 17.2 Å². The number of hydrogen-bond acceptors (Lipinski definition) is 8. The minimum absolute atomic E-state index is 0.0218. The predicted molar refractivity (Wildman–Crippen MR) is 116 cm³/mol. The molecule has 0 radical (unpaired) electrons. The summed E-state index contributed by atoms with van der Waals surface area (Å²) in [7, 11) is 0. The predicted octanol–water partition coefficient (Wildman–Crippen LogP) is -3.63. The molecule has 1 aromatic heterocycles. The Balaban J connectivity index is 2.80. The van der Waals surface area contributed by atoms with Crippen LogP contribution in [0.1, 0.15) is 38.3 Å². The van der Waals surface area contributed by atoms with Gasteiger partial charge in [0.05, 0.1) is 12.4 Å². The monoisotopic (exact) mass is 482 g/mol. The highest BCUT2D eigenvalue weighted by molar-refractivity contribution is 5.94. The Bertz CT molecular complexity index is 889. The van der Waals surface area contributed by atoms with Crippen molar-refractivity contribution in [2.75, 3.05) is 0 Å². The summed E-state index contributed by atoms with van der Waals surface area (Å²) >= 11 is 0. The number of H-pyrrole nitrogens is 1. The number of amides is 5. The molecule has 34 heavy (non-hydrogen) atoms. The van der Waals surface area contributed by atoms with Crippen molar-refractivity contribution in [2.45, 2.75) is 63.2 Å². The molecule has 1 heterocycles. The normalized spacial score (nSPS) is 14.2. The number of hydrogen-bond donors (Lipinski definition) is 8. The van der Waals surface area contributed by atoms with Crippen molar-refractivity contribution in [3.63, 3.8) is 0 Å².